The molecule has 26 heavy (non-hydrogen) atoms. The smallest absolute Gasteiger partial charge is 0.272 e. The van der Waals surface area contributed by atoms with Gasteiger partial charge in [-0.1, -0.05) is 17.7 Å². The Balaban J connectivity index is 1.93. The Morgan fingerprint density at radius 3 is 2.88 bits per heavy atom. The van der Waals surface area contributed by atoms with Gasteiger partial charge in [0.05, 0.1) is 27.9 Å². The molecule has 1 saturated carbocycles. The highest BCUT2D eigenvalue weighted by Crippen LogP contribution is 2.44. The minimum atomic E-state index is -0.439. The van der Waals surface area contributed by atoms with Crippen LogP contribution in [0.1, 0.15) is 24.5 Å². The summed E-state index contributed by atoms with van der Waals surface area (Å²) in [5.41, 5.74) is 8.87. The summed E-state index contributed by atoms with van der Waals surface area (Å²) >= 11 is 6.35. The van der Waals surface area contributed by atoms with Crippen molar-refractivity contribution in [3.05, 3.63) is 51.3 Å². The minimum absolute atomic E-state index is 0.0307. The van der Waals surface area contributed by atoms with Crippen molar-refractivity contribution >= 4 is 39.2 Å². The maximum atomic E-state index is 14.0. The van der Waals surface area contributed by atoms with Crippen molar-refractivity contribution in [3.8, 4) is 11.1 Å². The molecule has 5 rings (SSSR count). The van der Waals surface area contributed by atoms with Crippen LogP contribution in [0.5, 0.6) is 0 Å². The number of hydrogen-bond donors (Lipinski definition) is 3. The van der Waals surface area contributed by atoms with E-state index in [4.69, 9.17) is 22.3 Å². The van der Waals surface area contributed by atoms with Crippen LogP contribution in [-0.2, 0) is 0 Å². The summed E-state index contributed by atoms with van der Waals surface area (Å²) in [6, 6.07) is 4.61. The van der Waals surface area contributed by atoms with E-state index in [1.165, 1.54) is 12.3 Å². The first kappa shape index (κ1) is 15.3. The summed E-state index contributed by atoms with van der Waals surface area (Å²) in [7, 11) is 0. The van der Waals surface area contributed by atoms with Gasteiger partial charge in [-0.25, -0.2) is 9.37 Å². The number of aromatic nitrogens is 4. The molecule has 130 valence electrons. The molecule has 0 bridgehead atoms. The predicted octanol–water partition coefficient (Wildman–Crippen LogP) is 3.72. The number of H-pyrrole nitrogens is 2. The number of nitrogen functional groups attached to an aromatic ring is 1. The zero-order valence-corrected chi connectivity index (χ0v) is 14.2. The Hall–Kier alpha value is -2.93. The SMILES string of the molecule is Nc1c(-c2ccc(F)c3[nH]ncc23)c2nc(C3CC3)c(Cl)cc2[nH]c1=O. The van der Waals surface area contributed by atoms with E-state index in [1.54, 1.807) is 12.1 Å². The lowest BCUT2D eigenvalue weighted by atomic mass is 9.99. The van der Waals surface area contributed by atoms with Crippen molar-refractivity contribution in [2.24, 2.45) is 0 Å². The zero-order chi connectivity index (χ0) is 18.0. The van der Waals surface area contributed by atoms with Crippen molar-refractivity contribution in [1.29, 1.82) is 0 Å². The molecule has 4 aromatic rings. The van der Waals surface area contributed by atoms with Crippen LogP contribution in [0.3, 0.4) is 0 Å². The molecule has 4 N–H and O–H groups in total. The summed E-state index contributed by atoms with van der Waals surface area (Å²) in [6.07, 6.45) is 3.59. The van der Waals surface area contributed by atoms with Crippen LogP contribution < -0.4 is 11.3 Å². The van der Waals surface area contributed by atoms with Gasteiger partial charge in [0.2, 0.25) is 0 Å². The minimum Gasteiger partial charge on any atom is -0.394 e. The van der Waals surface area contributed by atoms with Gasteiger partial charge in [0.25, 0.3) is 5.56 Å². The summed E-state index contributed by atoms with van der Waals surface area (Å²) in [4.78, 5) is 19.8. The molecule has 1 aromatic carbocycles. The number of anilines is 1. The third-order valence-electron chi connectivity index (χ3n) is 4.80. The first-order chi connectivity index (χ1) is 12.5. The van der Waals surface area contributed by atoms with Gasteiger partial charge in [-0.05, 0) is 30.5 Å². The van der Waals surface area contributed by atoms with Crippen LogP contribution in [0.15, 0.2) is 29.2 Å². The average Bonchev–Trinajstić information content (AvgIpc) is 3.33. The third kappa shape index (κ3) is 2.13. The van der Waals surface area contributed by atoms with E-state index >= 15 is 0 Å². The second-order valence-corrected chi connectivity index (χ2v) is 6.93. The van der Waals surface area contributed by atoms with Crippen molar-refractivity contribution in [1.82, 2.24) is 20.2 Å². The van der Waals surface area contributed by atoms with Gasteiger partial charge in [-0.3, -0.25) is 9.89 Å². The summed E-state index contributed by atoms with van der Waals surface area (Å²) in [5, 5.41) is 7.61. The number of halogens is 2. The van der Waals surface area contributed by atoms with Crippen LogP contribution in [0.4, 0.5) is 10.1 Å². The lowest BCUT2D eigenvalue weighted by Crippen LogP contribution is -2.14. The third-order valence-corrected chi connectivity index (χ3v) is 5.10. The molecule has 1 aliphatic carbocycles. The van der Waals surface area contributed by atoms with Gasteiger partial charge in [0.1, 0.15) is 17.0 Å². The molecule has 0 amide bonds. The highest BCUT2D eigenvalue weighted by Gasteiger charge is 2.29. The number of aromatic amines is 2. The molecule has 3 heterocycles. The molecule has 8 heteroatoms. The highest BCUT2D eigenvalue weighted by atomic mass is 35.5. The van der Waals surface area contributed by atoms with Gasteiger partial charge in [-0.2, -0.15) is 5.10 Å². The topological polar surface area (TPSA) is 100 Å². The Bertz CT molecular complexity index is 1260. The van der Waals surface area contributed by atoms with Gasteiger partial charge in [0, 0.05) is 16.9 Å². The standard InChI is InChI=1S/C18H13ClFN5O/c19-10-5-12-17(24-15(10)7-1-2-7)13(14(21)18(26)23-12)8-3-4-11(20)16-9(8)6-22-25-16/h3-7H,1-2,21H2,(H,22,25)(H,23,26). The van der Waals surface area contributed by atoms with E-state index in [0.717, 1.165) is 18.5 Å². The molecular formula is C18H13ClFN5O. The van der Waals surface area contributed by atoms with Gasteiger partial charge in [0.15, 0.2) is 0 Å². The fourth-order valence-corrected chi connectivity index (χ4v) is 3.66. The van der Waals surface area contributed by atoms with E-state index in [2.05, 4.69) is 15.2 Å². The monoisotopic (exact) mass is 369 g/mol. The first-order valence-electron chi connectivity index (χ1n) is 8.18. The van der Waals surface area contributed by atoms with Gasteiger partial charge >= 0.3 is 0 Å². The molecule has 1 fully saturated rings. The second-order valence-electron chi connectivity index (χ2n) is 6.52. The normalized spacial score (nSPS) is 14.4. The number of nitrogens with zero attached hydrogens (tertiary/aromatic N) is 2. The lowest BCUT2D eigenvalue weighted by molar-refractivity contribution is 0.636. The molecule has 0 spiro atoms. The largest absolute Gasteiger partial charge is 0.394 e. The second kappa shape index (κ2) is 5.28. The number of benzene rings is 1. The maximum Gasteiger partial charge on any atom is 0.272 e. The number of rotatable bonds is 2. The van der Waals surface area contributed by atoms with E-state index in [0.29, 0.717) is 38.5 Å². The Labute approximate surface area is 151 Å². The van der Waals surface area contributed by atoms with Crippen molar-refractivity contribution in [2.75, 3.05) is 5.73 Å². The number of nitrogens with two attached hydrogens (primary N) is 1. The van der Waals surface area contributed by atoms with Crippen molar-refractivity contribution < 1.29 is 4.39 Å². The number of fused-ring (bicyclic) bond motifs is 2. The lowest BCUT2D eigenvalue weighted by Gasteiger charge is -2.12. The molecular weight excluding hydrogens is 357 g/mol. The van der Waals surface area contributed by atoms with E-state index < -0.39 is 11.4 Å². The van der Waals surface area contributed by atoms with Gasteiger partial charge < -0.3 is 10.7 Å². The molecule has 3 aromatic heterocycles. The number of pyridine rings is 2. The summed E-state index contributed by atoms with van der Waals surface area (Å²) in [6.45, 7) is 0. The number of hydrogen-bond acceptors (Lipinski definition) is 4. The van der Waals surface area contributed by atoms with Crippen LogP contribution in [-0.4, -0.2) is 20.2 Å². The molecule has 0 atom stereocenters. The predicted molar refractivity (Wildman–Crippen MR) is 98.8 cm³/mol. The zero-order valence-electron chi connectivity index (χ0n) is 13.4. The molecule has 0 radical (unpaired) electrons. The first-order valence-corrected chi connectivity index (χ1v) is 8.56. The van der Waals surface area contributed by atoms with Gasteiger partial charge in [-0.15, -0.1) is 0 Å². The average molecular weight is 370 g/mol. The fraction of sp³-hybridized carbons (Fsp3) is 0.167. The van der Waals surface area contributed by atoms with E-state index in [1.807, 2.05) is 0 Å². The van der Waals surface area contributed by atoms with E-state index in [-0.39, 0.29) is 11.2 Å². The Kier molecular flexibility index (Phi) is 3.12. The van der Waals surface area contributed by atoms with Crippen LogP contribution in [0, 0.1) is 5.82 Å². The van der Waals surface area contributed by atoms with Crippen LogP contribution >= 0.6 is 11.6 Å². The molecule has 6 nitrogen and oxygen atoms in total. The fourth-order valence-electron chi connectivity index (χ4n) is 3.36. The van der Waals surface area contributed by atoms with Crippen molar-refractivity contribution in [3.63, 3.8) is 0 Å². The van der Waals surface area contributed by atoms with Crippen molar-refractivity contribution in [2.45, 2.75) is 18.8 Å². The van der Waals surface area contributed by atoms with Crippen LogP contribution in [0.25, 0.3) is 33.1 Å². The van der Waals surface area contributed by atoms with E-state index in [9.17, 15) is 9.18 Å². The summed E-state index contributed by atoms with van der Waals surface area (Å²) in [5.74, 6) is -0.0984. The van der Waals surface area contributed by atoms with Crippen LogP contribution in [0.2, 0.25) is 5.02 Å². The highest BCUT2D eigenvalue weighted by molar-refractivity contribution is 6.32. The maximum absolute atomic E-state index is 14.0. The Morgan fingerprint density at radius 1 is 1.31 bits per heavy atom. The Morgan fingerprint density at radius 2 is 2.12 bits per heavy atom. The molecule has 0 aliphatic heterocycles. The number of nitrogens with one attached hydrogen (secondary N) is 2. The summed E-state index contributed by atoms with van der Waals surface area (Å²) < 4.78 is 14.0. The molecule has 0 unspecified atom stereocenters. The quantitative estimate of drug-likeness (QED) is 0.501. The molecule has 0 saturated heterocycles. The molecule has 1 aliphatic rings.